The number of carbonyl (C=O) groups excluding carboxylic acids is 1. The molecule has 1 atom stereocenters. The van der Waals surface area contributed by atoms with Crippen LogP contribution in [0.1, 0.15) is 39.0 Å². The molecule has 0 radical (unpaired) electrons. The molecule has 16 heavy (non-hydrogen) atoms. The van der Waals surface area contributed by atoms with Gasteiger partial charge in [0.15, 0.2) is 0 Å². The van der Waals surface area contributed by atoms with Crippen LogP contribution in [0.3, 0.4) is 0 Å². The van der Waals surface area contributed by atoms with Gasteiger partial charge in [-0.3, -0.25) is 0 Å². The van der Waals surface area contributed by atoms with Gasteiger partial charge in [0.25, 0.3) is 0 Å². The van der Waals surface area contributed by atoms with E-state index in [0.29, 0.717) is 19.5 Å². The fourth-order valence-electron chi connectivity index (χ4n) is 1.91. The monoisotopic (exact) mass is 228 g/mol. The first-order chi connectivity index (χ1) is 7.66. The van der Waals surface area contributed by atoms with Gasteiger partial charge in [-0.15, -0.1) is 0 Å². The molecule has 2 N–H and O–H groups in total. The summed E-state index contributed by atoms with van der Waals surface area (Å²) >= 11 is 0. The molecule has 0 spiro atoms. The first-order valence-corrected chi connectivity index (χ1v) is 5.94. The summed E-state index contributed by atoms with van der Waals surface area (Å²) in [5.41, 5.74) is 0. The van der Waals surface area contributed by atoms with Crippen LogP contribution in [-0.4, -0.2) is 41.1 Å². The quantitative estimate of drug-likeness (QED) is 0.715. The van der Waals surface area contributed by atoms with Gasteiger partial charge in [-0.25, -0.2) is 9.59 Å². The van der Waals surface area contributed by atoms with E-state index in [0.717, 1.165) is 25.7 Å². The van der Waals surface area contributed by atoms with Crippen LogP contribution in [0.15, 0.2) is 0 Å². The molecule has 5 nitrogen and oxygen atoms in total. The van der Waals surface area contributed by atoms with E-state index in [1.54, 1.807) is 0 Å². The molecule has 1 rings (SSSR count). The smallest absolute Gasteiger partial charge is 0.326 e. The molecule has 92 valence electrons. The van der Waals surface area contributed by atoms with Crippen LogP contribution in [0, 0.1) is 0 Å². The Morgan fingerprint density at radius 1 is 1.44 bits per heavy atom. The average molecular weight is 228 g/mol. The molecule has 5 heteroatoms. The molecule has 0 aromatic rings. The zero-order valence-corrected chi connectivity index (χ0v) is 9.74. The number of likely N-dealkylation sites (tertiary alicyclic amines) is 1. The summed E-state index contributed by atoms with van der Waals surface area (Å²) in [6.07, 6.45) is 4.29. The molecule has 0 unspecified atom stereocenters. The number of hydrogen-bond acceptors (Lipinski definition) is 2. The highest BCUT2D eigenvalue weighted by atomic mass is 16.4. The second kappa shape index (κ2) is 6.35. The summed E-state index contributed by atoms with van der Waals surface area (Å²) in [5.74, 6) is -0.898. The average Bonchev–Trinajstić information content (AvgIpc) is 2.29. The first kappa shape index (κ1) is 12.8. The fraction of sp³-hybridized carbons (Fsp3) is 0.818. The normalized spacial score (nSPS) is 20.6. The number of unbranched alkanes of at least 4 members (excludes halogenated alkanes) is 1. The van der Waals surface area contributed by atoms with Crippen LogP contribution < -0.4 is 5.32 Å². The standard InChI is InChI=1S/C11H20N2O3/c1-2-3-7-12-11(16)13-8-5-4-6-9(13)10(14)15/h9H,2-8H2,1H3,(H,12,16)(H,14,15)/t9-/m0/s1. The third-order valence-corrected chi connectivity index (χ3v) is 2.86. The topological polar surface area (TPSA) is 69.6 Å². The summed E-state index contributed by atoms with van der Waals surface area (Å²) < 4.78 is 0. The summed E-state index contributed by atoms with van der Waals surface area (Å²) in [6, 6.07) is -0.879. The van der Waals surface area contributed by atoms with E-state index >= 15 is 0 Å². The van der Waals surface area contributed by atoms with Gasteiger partial charge in [0.1, 0.15) is 6.04 Å². The van der Waals surface area contributed by atoms with Crippen molar-refractivity contribution in [2.75, 3.05) is 13.1 Å². The van der Waals surface area contributed by atoms with Gasteiger partial charge >= 0.3 is 12.0 Å². The van der Waals surface area contributed by atoms with Gasteiger partial charge in [-0.2, -0.15) is 0 Å². The second-order valence-electron chi connectivity index (χ2n) is 4.13. The number of urea groups is 1. The summed E-state index contributed by atoms with van der Waals surface area (Å²) in [7, 11) is 0. The number of hydrogen-bond donors (Lipinski definition) is 2. The Morgan fingerprint density at radius 2 is 2.19 bits per heavy atom. The minimum atomic E-state index is -0.898. The van der Waals surface area contributed by atoms with Gasteiger partial charge in [0, 0.05) is 13.1 Å². The van der Waals surface area contributed by atoms with E-state index in [1.165, 1.54) is 4.90 Å². The number of nitrogens with zero attached hydrogens (tertiary/aromatic N) is 1. The van der Waals surface area contributed by atoms with Gasteiger partial charge in [0.05, 0.1) is 0 Å². The predicted molar refractivity (Wildman–Crippen MR) is 60.3 cm³/mol. The zero-order chi connectivity index (χ0) is 12.0. The Morgan fingerprint density at radius 3 is 2.81 bits per heavy atom. The lowest BCUT2D eigenvalue weighted by atomic mass is 10.0. The molecule has 0 aromatic heterocycles. The maximum absolute atomic E-state index is 11.7. The number of aliphatic carboxylic acids is 1. The van der Waals surface area contributed by atoms with Crippen LogP contribution >= 0.6 is 0 Å². The minimum absolute atomic E-state index is 0.236. The van der Waals surface area contributed by atoms with Crippen molar-refractivity contribution in [2.24, 2.45) is 0 Å². The molecule has 0 aliphatic carbocycles. The Labute approximate surface area is 95.8 Å². The molecular weight excluding hydrogens is 208 g/mol. The molecule has 1 saturated heterocycles. The lowest BCUT2D eigenvalue weighted by Crippen LogP contribution is -2.52. The highest BCUT2D eigenvalue weighted by molar-refractivity contribution is 5.82. The van der Waals surface area contributed by atoms with E-state index in [2.05, 4.69) is 5.32 Å². The van der Waals surface area contributed by atoms with Gasteiger partial charge in [-0.05, 0) is 25.7 Å². The van der Waals surface area contributed by atoms with Crippen molar-refractivity contribution in [2.45, 2.75) is 45.1 Å². The van der Waals surface area contributed by atoms with Crippen LogP contribution in [0.2, 0.25) is 0 Å². The minimum Gasteiger partial charge on any atom is -0.480 e. The Balaban J connectivity index is 2.47. The van der Waals surface area contributed by atoms with Crippen molar-refractivity contribution in [1.82, 2.24) is 10.2 Å². The second-order valence-corrected chi connectivity index (χ2v) is 4.13. The Kier molecular flexibility index (Phi) is 5.08. The highest BCUT2D eigenvalue weighted by Gasteiger charge is 2.31. The van der Waals surface area contributed by atoms with Crippen LogP contribution in [-0.2, 0) is 4.79 Å². The Bertz CT molecular complexity index is 256. The Hall–Kier alpha value is -1.26. The lowest BCUT2D eigenvalue weighted by Gasteiger charge is -2.32. The van der Waals surface area contributed by atoms with Crippen molar-refractivity contribution in [1.29, 1.82) is 0 Å². The molecule has 1 aliphatic rings. The molecule has 0 bridgehead atoms. The van der Waals surface area contributed by atoms with E-state index < -0.39 is 12.0 Å². The van der Waals surface area contributed by atoms with E-state index in [1.807, 2.05) is 6.92 Å². The largest absolute Gasteiger partial charge is 0.480 e. The summed E-state index contributed by atoms with van der Waals surface area (Å²) in [5, 5.41) is 11.8. The van der Waals surface area contributed by atoms with Crippen molar-refractivity contribution < 1.29 is 14.7 Å². The number of amides is 2. The highest BCUT2D eigenvalue weighted by Crippen LogP contribution is 2.17. The van der Waals surface area contributed by atoms with Crippen LogP contribution in [0.25, 0.3) is 0 Å². The SMILES string of the molecule is CCCCNC(=O)N1CCCC[C@H]1C(=O)O. The maximum atomic E-state index is 11.7. The van der Waals surface area contributed by atoms with Gasteiger partial charge in [0.2, 0.25) is 0 Å². The number of piperidine rings is 1. The summed E-state index contributed by atoms with van der Waals surface area (Å²) in [4.78, 5) is 24.2. The molecule has 1 aliphatic heterocycles. The van der Waals surface area contributed by atoms with E-state index in [9.17, 15) is 9.59 Å². The van der Waals surface area contributed by atoms with E-state index in [-0.39, 0.29) is 6.03 Å². The third-order valence-electron chi connectivity index (χ3n) is 2.86. The molecule has 0 aromatic carbocycles. The number of carbonyl (C=O) groups is 2. The number of carboxylic acid groups (broad SMARTS) is 1. The van der Waals surface area contributed by atoms with Crippen LogP contribution in [0.5, 0.6) is 0 Å². The lowest BCUT2D eigenvalue weighted by molar-refractivity contribution is -0.143. The predicted octanol–water partition coefficient (Wildman–Crippen LogP) is 1.44. The number of carboxylic acids is 1. The van der Waals surface area contributed by atoms with Crippen molar-refractivity contribution >= 4 is 12.0 Å². The third kappa shape index (κ3) is 3.40. The fourth-order valence-corrected chi connectivity index (χ4v) is 1.91. The van der Waals surface area contributed by atoms with Crippen molar-refractivity contribution in [3.05, 3.63) is 0 Å². The van der Waals surface area contributed by atoms with Crippen molar-refractivity contribution in [3.8, 4) is 0 Å². The van der Waals surface area contributed by atoms with Crippen LogP contribution in [0.4, 0.5) is 4.79 Å². The number of rotatable bonds is 4. The van der Waals surface area contributed by atoms with Gasteiger partial charge in [-0.1, -0.05) is 13.3 Å². The van der Waals surface area contributed by atoms with Gasteiger partial charge < -0.3 is 15.3 Å². The molecule has 1 fully saturated rings. The molecule has 2 amide bonds. The van der Waals surface area contributed by atoms with Crippen molar-refractivity contribution in [3.63, 3.8) is 0 Å². The molecule has 1 heterocycles. The maximum Gasteiger partial charge on any atom is 0.326 e. The first-order valence-electron chi connectivity index (χ1n) is 5.94. The van der Waals surface area contributed by atoms with E-state index in [4.69, 9.17) is 5.11 Å². The molecular formula is C11H20N2O3. The zero-order valence-electron chi connectivity index (χ0n) is 9.74. The number of nitrogens with one attached hydrogen (secondary N) is 1. The molecule has 0 saturated carbocycles. The summed E-state index contributed by atoms with van der Waals surface area (Å²) in [6.45, 7) is 3.22.